The van der Waals surface area contributed by atoms with E-state index in [-0.39, 0.29) is 23.7 Å². The van der Waals surface area contributed by atoms with Gasteiger partial charge in [0.15, 0.2) is 0 Å². The monoisotopic (exact) mass is 496 g/mol. The van der Waals surface area contributed by atoms with Crippen molar-refractivity contribution in [2.24, 2.45) is 11.8 Å². The molecule has 1 aliphatic carbocycles. The number of benzene rings is 1. The SMILES string of the molecule is CC(C)(C)NC(c1ccc(NC2NN([C@@H](CC#N)C3CC3)C3CCNC(=O)C23)cc1F)C(F)(F)F. The average molecular weight is 497 g/mol. The van der Waals surface area contributed by atoms with Crippen LogP contribution in [0.1, 0.15) is 58.1 Å². The van der Waals surface area contributed by atoms with Gasteiger partial charge in [0.25, 0.3) is 0 Å². The van der Waals surface area contributed by atoms with Gasteiger partial charge >= 0.3 is 6.18 Å². The van der Waals surface area contributed by atoms with Crippen LogP contribution in [0.4, 0.5) is 23.2 Å². The van der Waals surface area contributed by atoms with Crippen LogP contribution in [-0.2, 0) is 4.79 Å². The standard InChI is InChI=1S/C24H32F4N6O/c1-23(2,3)32-20(24(26,27)28)15-7-6-14(12-16(15)25)31-21-19-18(9-11-30-22(19)35)34(33-21)17(8-10-29)13-4-5-13/h6-7,12-13,17-21,31-33H,4-5,8-9,11H2,1-3H3,(H,30,35)/t17-,18?,19?,20?,21?/m0/s1. The predicted octanol–water partition coefficient (Wildman–Crippen LogP) is 3.57. The molecule has 3 aliphatic rings. The summed E-state index contributed by atoms with van der Waals surface area (Å²) in [6.07, 6.45) is -2.17. The number of hydrogen-bond donors (Lipinski definition) is 4. The van der Waals surface area contributed by atoms with Crippen LogP contribution in [0.25, 0.3) is 0 Å². The Kier molecular flexibility index (Phi) is 7.01. The average Bonchev–Trinajstić information content (AvgIpc) is 3.52. The van der Waals surface area contributed by atoms with E-state index in [0.717, 1.165) is 25.0 Å². The molecule has 0 radical (unpaired) electrons. The van der Waals surface area contributed by atoms with E-state index >= 15 is 0 Å². The van der Waals surface area contributed by atoms with Gasteiger partial charge in [-0.2, -0.15) is 18.4 Å². The maximum atomic E-state index is 15.0. The van der Waals surface area contributed by atoms with Crippen molar-refractivity contribution in [3.8, 4) is 6.07 Å². The molecule has 0 bridgehead atoms. The number of amides is 1. The van der Waals surface area contributed by atoms with Crippen LogP contribution in [0.2, 0.25) is 0 Å². The number of halogens is 4. The number of hydrogen-bond acceptors (Lipinski definition) is 6. The summed E-state index contributed by atoms with van der Waals surface area (Å²) >= 11 is 0. The molecule has 11 heteroatoms. The van der Waals surface area contributed by atoms with Crippen molar-refractivity contribution >= 4 is 11.6 Å². The van der Waals surface area contributed by atoms with E-state index in [1.54, 1.807) is 20.8 Å². The Hall–Kier alpha value is -2.42. The van der Waals surface area contributed by atoms with Crippen molar-refractivity contribution < 1.29 is 22.4 Å². The van der Waals surface area contributed by atoms with Crippen LogP contribution in [0, 0.1) is 29.0 Å². The maximum Gasteiger partial charge on any atom is 0.408 e. The highest BCUT2D eigenvalue weighted by Crippen LogP contribution is 2.41. The number of nitriles is 1. The zero-order chi connectivity index (χ0) is 25.5. The predicted molar refractivity (Wildman–Crippen MR) is 122 cm³/mol. The lowest BCUT2D eigenvalue weighted by Gasteiger charge is -2.34. The van der Waals surface area contributed by atoms with Crippen molar-refractivity contribution in [2.45, 2.75) is 82.5 Å². The maximum absolute atomic E-state index is 15.0. The van der Waals surface area contributed by atoms with Gasteiger partial charge in [-0.15, -0.1) is 0 Å². The number of piperidine rings is 1. The lowest BCUT2D eigenvalue weighted by molar-refractivity contribution is -0.162. The molecule has 2 saturated heterocycles. The van der Waals surface area contributed by atoms with Gasteiger partial charge in [0.05, 0.1) is 18.4 Å². The van der Waals surface area contributed by atoms with E-state index in [9.17, 15) is 27.6 Å². The fourth-order valence-corrected chi connectivity index (χ4v) is 5.17. The Balaban J connectivity index is 1.56. The third-order valence-electron chi connectivity index (χ3n) is 6.82. The number of alkyl halides is 3. The lowest BCUT2D eigenvalue weighted by atomic mass is 9.90. The van der Waals surface area contributed by atoms with E-state index in [1.807, 2.05) is 5.01 Å². The summed E-state index contributed by atoms with van der Waals surface area (Å²) in [5.41, 5.74) is 2.22. The van der Waals surface area contributed by atoms with Crippen LogP contribution < -0.4 is 21.4 Å². The minimum atomic E-state index is -4.68. The first kappa shape index (κ1) is 25.7. The number of nitrogens with one attached hydrogen (secondary N) is 4. The van der Waals surface area contributed by atoms with Crippen molar-refractivity contribution in [2.75, 3.05) is 11.9 Å². The van der Waals surface area contributed by atoms with Crippen molar-refractivity contribution in [1.29, 1.82) is 5.26 Å². The quantitative estimate of drug-likeness (QED) is 0.432. The molecule has 0 spiro atoms. The molecule has 2 aliphatic heterocycles. The molecule has 4 N–H and O–H groups in total. The Labute approximate surface area is 202 Å². The number of carbonyl (C=O) groups excluding carboxylic acids is 1. The topological polar surface area (TPSA) is 92.2 Å². The Morgan fingerprint density at radius 3 is 2.51 bits per heavy atom. The van der Waals surface area contributed by atoms with Gasteiger partial charge in [0, 0.05) is 35.4 Å². The second-order valence-electron chi connectivity index (χ2n) is 10.7. The zero-order valence-corrected chi connectivity index (χ0v) is 20.0. The number of hydrazine groups is 1. The minimum absolute atomic E-state index is 0.0275. The van der Waals surface area contributed by atoms with Crippen molar-refractivity contribution in [1.82, 2.24) is 21.1 Å². The molecule has 1 aromatic carbocycles. The summed E-state index contributed by atoms with van der Waals surface area (Å²) < 4.78 is 56.1. The van der Waals surface area contributed by atoms with E-state index in [4.69, 9.17) is 0 Å². The largest absolute Gasteiger partial charge is 0.408 e. The molecule has 3 fully saturated rings. The third kappa shape index (κ3) is 5.71. The Morgan fingerprint density at radius 1 is 1.23 bits per heavy atom. The highest BCUT2D eigenvalue weighted by Gasteiger charge is 2.52. The summed E-state index contributed by atoms with van der Waals surface area (Å²) in [5.74, 6) is -1.24. The summed E-state index contributed by atoms with van der Waals surface area (Å²) in [6, 6.07) is 3.48. The van der Waals surface area contributed by atoms with E-state index in [2.05, 4.69) is 27.4 Å². The van der Waals surface area contributed by atoms with Crippen LogP contribution in [0.15, 0.2) is 18.2 Å². The number of fused-ring (bicyclic) bond motifs is 1. The molecule has 2 heterocycles. The first-order valence-corrected chi connectivity index (χ1v) is 12.0. The number of carbonyl (C=O) groups is 1. The van der Waals surface area contributed by atoms with Gasteiger partial charge in [-0.3, -0.25) is 10.1 Å². The fourth-order valence-electron chi connectivity index (χ4n) is 5.17. The molecule has 1 aromatic rings. The zero-order valence-electron chi connectivity index (χ0n) is 20.0. The fraction of sp³-hybridized carbons (Fsp3) is 0.667. The summed E-state index contributed by atoms with van der Waals surface area (Å²) in [6.45, 7) is 5.29. The number of anilines is 1. The smallest absolute Gasteiger partial charge is 0.368 e. The normalized spacial score (nSPS) is 27.0. The van der Waals surface area contributed by atoms with E-state index in [1.165, 1.54) is 6.07 Å². The molecular formula is C24H32F4N6O. The highest BCUT2D eigenvalue weighted by atomic mass is 19.4. The molecule has 4 unspecified atom stereocenters. The van der Waals surface area contributed by atoms with Gasteiger partial charge < -0.3 is 10.6 Å². The molecule has 192 valence electrons. The van der Waals surface area contributed by atoms with Crippen molar-refractivity contribution in [3.05, 3.63) is 29.6 Å². The second kappa shape index (κ2) is 9.56. The van der Waals surface area contributed by atoms with Gasteiger partial charge in [0.1, 0.15) is 18.0 Å². The lowest BCUT2D eigenvalue weighted by Crippen LogP contribution is -2.52. The number of rotatable bonds is 7. The molecule has 1 amide bonds. The highest BCUT2D eigenvalue weighted by molar-refractivity contribution is 5.82. The van der Waals surface area contributed by atoms with Gasteiger partial charge in [-0.25, -0.2) is 14.8 Å². The van der Waals surface area contributed by atoms with E-state index < -0.39 is 41.2 Å². The molecule has 5 atom stereocenters. The number of nitrogens with zero attached hydrogens (tertiary/aromatic N) is 2. The molecular weight excluding hydrogens is 464 g/mol. The first-order chi connectivity index (χ1) is 16.4. The molecule has 35 heavy (non-hydrogen) atoms. The third-order valence-corrected chi connectivity index (χ3v) is 6.82. The van der Waals surface area contributed by atoms with Gasteiger partial charge in [0.2, 0.25) is 5.91 Å². The van der Waals surface area contributed by atoms with Gasteiger partial charge in [-0.05, 0) is 58.1 Å². The Morgan fingerprint density at radius 2 is 1.94 bits per heavy atom. The van der Waals surface area contributed by atoms with Gasteiger partial charge in [-0.1, -0.05) is 6.07 Å². The van der Waals surface area contributed by atoms with Crippen LogP contribution in [0.5, 0.6) is 0 Å². The summed E-state index contributed by atoms with van der Waals surface area (Å²) in [5, 5.41) is 19.8. The van der Waals surface area contributed by atoms with Crippen LogP contribution in [-0.4, -0.2) is 47.4 Å². The van der Waals surface area contributed by atoms with Crippen molar-refractivity contribution in [3.63, 3.8) is 0 Å². The van der Waals surface area contributed by atoms with Crippen LogP contribution in [0.3, 0.4) is 0 Å². The Bertz CT molecular complexity index is 984. The molecule has 7 nitrogen and oxygen atoms in total. The second-order valence-corrected chi connectivity index (χ2v) is 10.7. The summed E-state index contributed by atoms with van der Waals surface area (Å²) in [7, 11) is 0. The molecule has 1 saturated carbocycles. The minimum Gasteiger partial charge on any atom is -0.368 e. The first-order valence-electron chi connectivity index (χ1n) is 12.0. The summed E-state index contributed by atoms with van der Waals surface area (Å²) in [4.78, 5) is 12.8. The molecule has 4 rings (SSSR count). The molecule has 0 aromatic heterocycles. The van der Waals surface area contributed by atoms with E-state index in [0.29, 0.717) is 25.3 Å². The van der Waals surface area contributed by atoms with Crippen LogP contribution >= 0.6 is 0 Å².